The summed E-state index contributed by atoms with van der Waals surface area (Å²) in [6, 6.07) is 70.2. The van der Waals surface area contributed by atoms with Crippen LogP contribution < -0.4 is 0 Å². The van der Waals surface area contributed by atoms with Crippen molar-refractivity contribution in [2.45, 2.75) is 50.4 Å². The Balaban J connectivity index is 0.969. The second kappa shape index (κ2) is 13.9. The molecule has 0 heterocycles. The van der Waals surface area contributed by atoms with E-state index in [-0.39, 0.29) is 5.41 Å². The highest BCUT2D eigenvalue weighted by Crippen LogP contribution is 2.65. The first kappa shape index (κ1) is 38.3. The van der Waals surface area contributed by atoms with Gasteiger partial charge in [0.05, 0.1) is 5.41 Å². The molecular formula is C68H48. The van der Waals surface area contributed by atoms with E-state index in [9.17, 15) is 0 Å². The van der Waals surface area contributed by atoms with E-state index in [0.717, 1.165) is 25.7 Å². The van der Waals surface area contributed by atoms with Crippen molar-refractivity contribution in [2.24, 2.45) is 0 Å². The van der Waals surface area contributed by atoms with Gasteiger partial charge in [0.2, 0.25) is 0 Å². The van der Waals surface area contributed by atoms with Crippen LogP contribution in [0.1, 0.15) is 72.9 Å². The van der Waals surface area contributed by atoms with Gasteiger partial charge in [0.15, 0.2) is 0 Å². The van der Waals surface area contributed by atoms with Crippen LogP contribution in [-0.4, -0.2) is 0 Å². The second-order valence-electron chi connectivity index (χ2n) is 20.4. The summed E-state index contributed by atoms with van der Waals surface area (Å²) in [5.74, 6) is 0. The van der Waals surface area contributed by atoms with Crippen LogP contribution in [0.3, 0.4) is 0 Å². The predicted molar refractivity (Wildman–Crippen MR) is 288 cm³/mol. The van der Waals surface area contributed by atoms with Gasteiger partial charge in [0.25, 0.3) is 0 Å². The van der Waals surface area contributed by atoms with Gasteiger partial charge in [-0.1, -0.05) is 195 Å². The molecule has 0 amide bonds. The third kappa shape index (κ3) is 4.95. The Hall–Kier alpha value is -7.80. The van der Waals surface area contributed by atoms with Gasteiger partial charge in [-0.05, 0) is 194 Å². The molecule has 0 aromatic heterocycles. The van der Waals surface area contributed by atoms with E-state index >= 15 is 0 Å². The predicted octanol–water partition coefficient (Wildman–Crippen LogP) is 18.1. The van der Waals surface area contributed by atoms with E-state index < -0.39 is 5.41 Å². The zero-order valence-corrected chi connectivity index (χ0v) is 38.5. The molecule has 0 nitrogen and oxygen atoms in total. The van der Waals surface area contributed by atoms with E-state index in [1.165, 1.54) is 138 Å². The monoisotopic (exact) mass is 864 g/mol. The van der Waals surface area contributed by atoms with Crippen molar-refractivity contribution in [3.05, 3.63) is 251 Å². The average Bonchev–Trinajstić information content (AvgIpc) is 3.94. The summed E-state index contributed by atoms with van der Waals surface area (Å²) in [5, 5.41) is 10.3. The molecule has 0 radical (unpaired) electrons. The number of fused-ring (bicyclic) bond motifs is 16. The summed E-state index contributed by atoms with van der Waals surface area (Å²) in [5.41, 5.74) is 24.4. The van der Waals surface area contributed by atoms with E-state index in [1.54, 1.807) is 5.57 Å². The summed E-state index contributed by atoms with van der Waals surface area (Å²) in [4.78, 5) is 0. The normalized spacial score (nSPS) is 18.1. The molecule has 5 aliphatic rings. The van der Waals surface area contributed by atoms with Crippen LogP contribution in [0.25, 0.3) is 98.7 Å². The first-order chi connectivity index (χ1) is 33.5. The molecule has 0 N–H and O–H groups in total. The maximum Gasteiger partial charge on any atom is 0.0722 e. The van der Waals surface area contributed by atoms with Gasteiger partial charge >= 0.3 is 0 Å². The van der Waals surface area contributed by atoms with Gasteiger partial charge in [-0.15, -0.1) is 0 Å². The Morgan fingerprint density at radius 1 is 0.368 bits per heavy atom. The standard InChI is InChI=1S/C68H48/c1-67(2)58-31-14-11-23-47(58)50-35-34-45(39-61(50)67)65-54-29-9-7-27-52(54)64(53-28-8-10-30-55(53)65)44-21-17-20-43(36-44)56-40-63-66(51-26-6-5-22-46(51)56)57-37-41-18-3-4-19-42(41)38-62(57)68(63)59-32-15-12-24-48(59)49-25-13-16-33-60(49)68/h3-12,15-24,26-30,32-40H,13-14,25,31H2,1-2H3. The molecule has 0 bridgehead atoms. The van der Waals surface area contributed by atoms with Crippen molar-refractivity contribution >= 4 is 54.2 Å². The van der Waals surface area contributed by atoms with Crippen molar-refractivity contribution in [3.63, 3.8) is 0 Å². The Morgan fingerprint density at radius 3 is 1.72 bits per heavy atom. The highest BCUT2D eigenvalue weighted by molar-refractivity contribution is 6.22. The Morgan fingerprint density at radius 2 is 0.971 bits per heavy atom. The zero-order valence-electron chi connectivity index (χ0n) is 38.5. The van der Waals surface area contributed by atoms with Crippen LogP contribution in [-0.2, 0) is 10.8 Å². The van der Waals surface area contributed by atoms with Gasteiger partial charge in [-0.3, -0.25) is 0 Å². The molecule has 1 unspecified atom stereocenters. The fraction of sp³-hybridized carbons (Fsp3) is 0.118. The van der Waals surface area contributed by atoms with Gasteiger partial charge < -0.3 is 0 Å². The lowest BCUT2D eigenvalue weighted by atomic mass is 9.68. The third-order valence-electron chi connectivity index (χ3n) is 16.8. The van der Waals surface area contributed by atoms with Gasteiger partial charge in [0, 0.05) is 5.41 Å². The number of benzene rings is 10. The maximum absolute atomic E-state index is 2.60. The van der Waals surface area contributed by atoms with Crippen molar-refractivity contribution in [1.82, 2.24) is 0 Å². The number of hydrogen-bond acceptors (Lipinski definition) is 0. The SMILES string of the molecule is CC1(C)C2=C(C=CCC2)c2ccc(-c3c4ccccc4c(-c4cccc(-c5cc6c(c7ccccc57)-c5cc7ccccc7cc5C65C6=C(CCC=C6)c6ccccc65)c4)c4ccccc34)cc21. The molecule has 0 fully saturated rings. The summed E-state index contributed by atoms with van der Waals surface area (Å²) in [7, 11) is 0. The highest BCUT2D eigenvalue weighted by Gasteiger charge is 2.53. The fourth-order valence-electron chi connectivity index (χ4n) is 14.0. The molecule has 0 saturated carbocycles. The van der Waals surface area contributed by atoms with Crippen molar-refractivity contribution < 1.29 is 0 Å². The number of hydrogen-bond donors (Lipinski definition) is 0. The summed E-state index contributed by atoms with van der Waals surface area (Å²) in [6.45, 7) is 4.87. The first-order valence-corrected chi connectivity index (χ1v) is 24.7. The smallest absolute Gasteiger partial charge is 0.0722 e. The lowest BCUT2D eigenvalue weighted by molar-refractivity contribution is 0.607. The maximum atomic E-state index is 2.60. The second-order valence-corrected chi connectivity index (χ2v) is 20.4. The van der Waals surface area contributed by atoms with Crippen LogP contribution in [0.15, 0.2) is 217 Å². The quantitative estimate of drug-likeness (QED) is 0.155. The molecule has 0 aliphatic heterocycles. The molecular weight excluding hydrogens is 817 g/mol. The average molecular weight is 865 g/mol. The lowest BCUT2D eigenvalue weighted by Crippen LogP contribution is -2.27. The molecule has 320 valence electrons. The Bertz CT molecular complexity index is 3990. The van der Waals surface area contributed by atoms with Crippen molar-refractivity contribution in [3.8, 4) is 44.5 Å². The zero-order chi connectivity index (χ0) is 44.9. The number of allylic oxidation sites excluding steroid dienone is 8. The lowest BCUT2D eigenvalue weighted by Gasteiger charge is -2.33. The van der Waals surface area contributed by atoms with E-state index in [0.29, 0.717) is 0 Å². The molecule has 15 rings (SSSR count). The molecule has 0 heteroatoms. The molecule has 1 atom stereocenters. The van der Waals surface area contributed by atoms with Crippen LogP contribution in [0.5, 0.6) is 0 Å². The van der Waals surface area contributed by atoms with Crippen LogP contribution >= 0.6 is 0 Å². The molecule has 68 heavy (non-hydrogen) atoms. The minimum atomic E-state index is -0.422. The summed E-state index contributed by atoms with van der Waals surface area (Å²) in [6.07, 6.45) is 14.0. The number of rotatable bonds is 3. The largest absolute Gasteiger partial charge is 0.0839 e. The van der Waals surface area contributed by atoms with Crippen LogP contribution in [0.2, 0.25) is 0 Å². The van der Waals surface area contributed by atoms with Gasteiger partial charge in [-0.25, -0.2) is 0 Å². The first-order valence-electron chi connectivity index (χ1n) is 24.7. The summed E-state index contributed by atoms with van der Waals surface area (Å²) >= 11 is 0. The highest BCUT2D eigenvalue weighted by atomic mass is 14.5. The Kier molecular flexibility index (Phi) is 7.82. The molecule has 0 saturated heterocycles. The minimum absolute atomic E-state index is 0.00315. The topological polar surface area (TPSA) is 0 Å². The molecule has 5 aliphatic carbocycles. The Labute approximate surface area is 397 Å². The van der Waals surface area contributed by atoms with Gasteiger partial charge in [0.1, 0.15) is 0 Å². The minimum Gasteiger partial charge on any atom is -0.0839 e. The van der Waals surface area contributed by atoms with E-state index in [1.807, 2.05) is 0 Å². The molecule has 1 spiro atoms. The van der Waals surface area contributed by atoms with Crippen molar-refractivity contribution in [1.29, 1.82) is 0 Å². The fourth-order valence-corrected chi connectivity index (χ4v) is 14.0. The van der Waals surface area contributed by atoms with Crippen molar-refractivity contribution in [2.75, 3.05) is 0 Å². The van der Waals surface area contributed by atoms with E-state index in [4.69, 9.17) is 0 Å². The van der Waals surface area contributed by atoms with Crippen LogP contribution in [0.4, 0.5) is 0 Å². The summed E-state index contributed by atoms with van der Waals surface area (Å²) < 4.78 is 0. The van der Waals surface area contributed by atoms with E-state index in [2.05, 4.69) is 220 Å². The third-order valence-corrected chi connectivity index (χ3v) is 16.8. The van der Waals surface area contributed by atoms with Crippen LogP contribution in [0, 0.1) is 0 Å². The molecule has 10 aromatic rings. The van der Waals surface area contributed by atoms with Gasteiger partial charge in [-0.2, -0.15) is 0 Å². The molecule has 10 aromatic carbocycles.